The summed E-state index contributed by atoms with van der Waals surface area (Å²) in [4.78, 5) is 37.8. The molecule has 0 saturated heterocycles. The number of nitrogens with one attached hydrogen (secondary N) is 1. The maximum Gasteiger partial charge on any atom is 0.261 e. The lowest BCUT2D eigenvalue weighted by molar-refractivity contribution is -0.122. The van der Waals surface area contributed by atoms with E-state index in [2.05, 4.69) is 5.32 Å². The molecule has 0 aliphatic carbocycles. The highest BCUT2D eigenvalue weighted by atomic mass is 16.3. The van der Waals surface area contributed by atoms with Gasteiger partial charge in [-0.15, -0.1) is 0 Å². The maximum atomic E-state index is 12.4. The molecule has 0 radical (unpaired) electrons. The van der Waals surface area contributed by atoms with E-state index < -0.39 is 5.60 Å². The molecule has 2 rings (SSSR count). The number of hydrogen-bond donors (Lipinski definition) is 2. The topological polar surface area (TPSA) is 86.7 Å². The Hall–Kier alpha value is -2.21. The number of aryl methyl sites for hydroxylation is 1. The molecule has 2 atom stereocenters. The molecule has 1 heterocycles. The van der Waals surface area contributed by atoms with Crippen molar-refractivity contribution in [1.29, 1.82) is 0 Å². The Morgan fingerprint density at radius 1 is 1.28 bits per heavy atom. The van der Waals surface area contributed by atoms with Crippen LogP contribution in [0.5, 0.6) is 0 Å². The summed E-state index contributed by atoms with van der Waals surface area (Å²) >= 11 is 0. The second kappa shape index (κ2) is 7.35. The monoisotopic (exact) mass is 346 g/mol. The molecule has 0 saturated carbocycles. The van der Waals surface area contributed by atoms with Crippen LogP contribution in [0.2, 0.25) is 0 Å². The number of carbonyl (C=O) groups is 3. The molecule has 6 nitrogen and oxygen atoms in total. The summed E-state index contributed by atoms with van der Waals surface area (Å²) in [6.07, 6.45) is 0.818. The zero-order valence-electron chi connectivity index (χ0n) is 15.3. The minimum absolute atomic E-state index is 0.0149. The number of nitrogens with zero attached hydrogens (tertiary/aromatic N) is 1. The van der Waals surface area contributed by atoms with E-state index in [9.17, 15) is 19.5 Å². The predicted octanol–water partition coefficient (Wildman–Crippen LogP) is 1.89. The number of amides is 3. The van der Waals surface area contributed by atoms with Gasteiger partial charge in [-0.1, -0.05) is 31.9 Å². The third kappa shape index (κ3) is 4.07. The summed E-state index contributed by atoms with van der Waals surface area (Å²) < 4.78 is 0. The normalized spacial score (nSPS) is 17.2. The highest BCUT2D eigenvalue weighted by molar-refractivity contribution is 6.21. The van der Waals surface area contributed by atoms with E-state index in [4.69, 9.17) is 0 Å². The maximum absolute atomic E-state index is 12.4. The van der Waals surface area contributed by atoms with Crippen molar-refractivity contribution in [3.63, 3.8) is 0 Å². The molecule has 0 aromatic heterocycles. The van der Waals surface area contributed by atoms with Crippen LogP contribution in [-0.2, 0) is 4.79 Å². The molecule has 1 aliphatic rings. The largest absolute Gasteiger partial charge is 0.388 e. The van der Waals surface area contributed by atoms with Crippen LogP contribution in [0, 0.1) is 12.8 Å². The average Bonchev–Trinajstić information content (AvgIpc) is 2.80. The van der Waals surface area contributed by atoms with Gasteiger partial charge in [-0.3, -0.25) is 19.3 Å². The van der Waals surface area contributed by atoms with Crippen molar-refractivity contribution in [3.8, 4) is 0 Å². The first-order valence-corrected chi connectivity index (χ1v) is 8.63. The highest BCUT2D eigenvalue weighted by Gasteiger charge is 2.35. The zero-order valence-corrected chi connectivity index (χ0v) is 15.3. The molecule has 6 heteroatoms. The first-order valence-electron chi connectivity index (χ1n) is 8.63. The van der Waals surface area contributed by atoms with Crippen molar-refractivity contribution in [2.75, 3.05) is 13.1 Å². The summed E-state index contributed by atoms with van der Waals surface area (Å²) in [5.41, 5.74) is 0.699. The van der Waals surface area contributed by atoms with Crippen molar-refractivity contribution >= 4 is 17.7 Å². The van der Waals surface area contributed by atoms with Crippen molar-refractivity contribution in [2.24, 2.45) is 5.92 Å². The van der Waals surface area contributed by atoms with Gasteiger partial charge in [0.2, 0.25) is 5.91 Å². The van der Waals surface area contributed by atoms with Gasteiger partial charge in [-0.25, -0.2) is 0 Å². The number of imide groups is 1. The number of fused-ring (bicyclic) bond motifs is 1. The summed E-state index contributed by atoms with van der Waals surface area (Å²) in [6, 6.07) is 5.13. The third-order valence-electron chi connectivity index (χ3n) is 5.01. The van der Waals surface area contributed by atoms with Crippen molar-refractivity contribution in [1.82, 2.24) is 10.2 Å². The molecule has 1 aliphatic heterocycles. The van der Waals surface area contributed by atoms with Crippen LogP contribution in [-0.4, -0.2) is 46.4 Å². The van der Waals surface area contributed by atoms with Gasteiger partial charge < -0.3 is 10.4 Å². The molecule has 0 unspecified atom stereocenters. The summed E-state index contributed by atoms with van der Waals surface area (Å²) in [5.74, 6) is -0.967. The standard InChI is InChI=1S/C19H26N2O4/c1-5-13(3)19(4,25)11-20-16(22)8-9-21-17(23)14-7-6-12(2)10-15(14)18(21)24/h6-7,10,13,25H,5,8-9,11H2,1-4H3,(H,20,22)/t13-,19+/m1/s1. The molecule has 25 heavy (non-hydrogen) atoms. The Balaban J connectivity index is 1.91. The van der Waals surface area contributed by atoms with Gasteiger partial charge >= 0.3 is 0 Å². The fourth-order valence-electron chi connectivity index (χ4n) is 2.80. The molecule has 2 N–H and O–H groups in total. The average molecular weight is 346 g/mol. The summed E-state index contributed by atoms with van der Waals surface area (Å²) in [7, 11) is 0. The van der Waals surface area contributed by atoms with Crippen LogP contribution in [0.4, 0.5) is 0 Å². The number of hydrogen-bond acceptors (Lipinski definition) is 4. The third-order valence-corrected chi connectivity index (χ3v) is 5.01. The molecule has 1 aromatic rings. The van der Waals surface area contributed by atoms with Crippen LogP contribution in [0.15, 0.2) is 18.2 Å². The van der Waals surface area contributed by atoms with Gasteiger partial charge in [0.25, 0.3) is 11.8 Å². The van der Waals surface area contributed by atoms with Crippen LogP contribution in [0.25, 0.3) is 0 Å². The Morgan fingerprint density at radius 3 is 2.56 bits per heavy atom. The molecule has 136 valence electrons. The van der Waals surface area contributed by atoms with Gasteiger partial charge in [0.15, 0.2) is 0 Å². The van der Waals surface area contributed by atoms with E-state index in [-0.39, 0.29) is 43.1 Å². The lowest BCUT2D eigenvalue weighted by Crippen LogP contribution is -2.45. The minimum atomic E-state index is -0.989. The van der Waals surface area contributed by atoms with Crippen LogP contribution < -0.4 is 5.32 Å². The van der Waals surface area contributed by atoms with Crippen LogP contribution >= 0.6 is 0 Å². The Kier molecular flexibility index (Phi) is 5.62. The Morgan fingerprint density at radius 2 is 1.92 bits per heavy atom. The Labute approximate surface area is 148 Å². The highest BCUT2D eigenvalue weighted by Crippen LogP contribution is 2.24. The quantitative estimate of drug-likeness (QED) is 0.738. The molecule has 3 amide bonds. The number of carbonyl (C=O) groups excluding carboxylic acids is 3. The van der Waals surface area contributed by atoms with E-state index in [1.165, 1.54) is 0 Å². The second-order valence-electron chi connectivity index (χ2n) is 7.00. The van der Waals surface area contributed by atoms with Gasteiger partial charge in [0.1, 0.15) is 0 Å². The zero-order chi connectivity index (χ0) is 18.8. The predicted molar refractivity (Wildman–Crippen MR) is 94.3 cm³/mol. The van der Waals surface area contributed by atoms with E-state index >= 15 is 0 Å². The fraction of sp³-hybridized carbons (Fsp3) is 0.526. The molecule has 0 bridgehead atoms. The lowest BCUT2D eigenvalue weighted by atomic mass is 9.88. The Bertz CT molecular complexity index is 697. The molecular formula is C19H26N2O4. The number of rotatable bonds is 7. The molecule has 0 spiro atoms. The van der Waals surface area contributed by atoms with Gasteiger partial charge in [-0.2, -0.15) is 0 Å². The fourth-order valence-corrected chi connectivity index (χ4v) is 2.80. The summed E-state index contributed by atoms with van der Waals surface area (Å²) in [5, 5.41) is 13.0. The molecular weight excluding hydrogens is 320 g/mol. The number of benzene rings is 1. The lowest BCUT2D eigenvalue weighted by Gasteiger charge is -2.29. The number of aliphatic hydroxyl groups is 1. The SMILES string of the molecule is CC[C@@H](C)[C@@](C)(O)CNC(=O)CCN1C(=O)c2ccc(C)cc2C1=O. The first-order chi connectivity index (χ1) is 11.7. The van der Waals surface area contributed by atoms with E-state index in [0.717, 1.165) is 16.9 Å². The van der Waals surface area contributed by atoms with Gasteiger partial charge in [-0.05, 0) is 31.9 Å². The molecule has 1 aromatic carbocycles. The van der Waals surface area contributed by atoms with E-state index in [1.54, 1.807) is 25.1 Å². The van der Waals surface area contributed by atoms with Crippen LogP contribution in [0.3, 0.4) is 0 Å². The van der Waals surface area contributed by atoms with Gasteiger partial charge in [0.05, 0.1) is 16.7 Å². The van der Waals surface area contributed by atoms with E-state index in [0.29, 0.717) is 11.1 Å². The second-order valence-corrected chi connectivity index (χ2v) is 7.00. The summed E-state index contributed by atoms with van der Waals surface area (Å²) in [6.45, 7) is 7.62. The minimum Gasteiger partial charge on any atom is -0.388 e. The van der Waals surface area contributed by atoms with Crippen LogP contribution in [0.1, 0.15) is 59.9 Å². The van der Waals surface area contributed by atoms with Crippen molar-refractivity contribution in [3.05, 3.63) is 34.9 Å². The van der Waals surface area contributed by atoms with Gasteiger partial charge in [0, 0.05) is 19.5 Å². The first kappa shape index (κ1) is 19.1. The smallest absolute Gasteiger partial charge is 0.261 e. The molecule has 0 fully saturated rings. The van der Waals surface area contributed by atoms with E-state index in [1.807, 2.05) is 20.8 Å². The van der Waals surface area contributed by atoms with Crippen molar-refractivity contribution < 1.29 is 19.5 Å². The van der Waals surface area contributed by atoms with Crippen molar-refractivity contribution in [2.45, 2.75) is 46.1 Å².